The highest BCUT2D eigenvalue weighted by Crippen LogP contribution is 2.27. The molecular formula is C11H18N2O4. The van der Waals surface area contributed by atoms with Gasteiger partial charge in [-0.05, 0) is 25.8 Å². The minimum absolute atomic E-state index is 0.169. The Bertz CT molecular complexity index is 315. The van der Waals surface area contributed by atoms with Gasteiger partial charge in [0.25, 0.3) is 0 Å². The molecule has 0 aromatic rings. The van der Waals surface area contributed by atoms with Gasteiger partial charge in [0.1, 0.15) is 6.61 Å². The van der Waals surface area contributed by atoms with Gasteiger partial charge in [0.2, 0.25) is 5.91 Å². The Morgan fingerprint density at radius 2 is 2.29 bits per heavy atom. The lowest BCUT2D eigenvalue weighted by atomic mass is 9.82. The standard InChI is InChI=1S/C11H18N2O4/c1-12(6-8-4-9(14)5-8)7-10(15)13-2-3-17-11(13)16/h8-9,14H,2-7H2,1H3. The van der Waals surface area contributed by atoms with Crippen LogP contribution in [0.15, 0.2) is 0 Å². The monoisotopic (exact) mass is 242 g/mol. The number of carbonyl (C=O) groups excluding carboxylic acids is 2. The van der Waals surface area contributed by atoms with Crippen LogP contribution in [-0.2, 0) is 9.53 Å². The molecule has 1 N–H and O–H groups in total. The number of carbonyl (C=O) groups is 2. The van der Waals surface area contributed by atoms with Gasteiger partial charge in [-0.15, -0.1) is 0 Å². The molecule has 0 aromatic heterocycles. The van der Waals surface area contributed by atoms with Crippen molar-refractivity contribution in [3.63, 3.8) is 0 Å². The van der Waals surface area contributed by atoms with E-state index >= 15 is 0 Å². The van der Waals surface area contributed by atoms with E-state index in [1.165, 1.54) is 0 Å². The first-order chi connectivity index (χ1) is 8.06. The van der Waals surface area contributed by atoms with E-state index in [1.54, 1.807) is 0 Å². The van der Waals surface area contributed by atoms with Crippen LogP contribution in [0.2, 0.25) is 0 Å². The summed E-state index contributed by atoms with van der Waals surface area (Å²) in [6.07, 6.45) is 0.911. The van der Waals surface area contributed by atoms with Crippen molar-refractivity contribution in [1.29, 1.82) is 0 Å². The van der Waals surface area contributed by atoms with Crippen molar-refractivity contribution >= 4 is 12.0 Å². The summed E-state index contributed by atoms with van der Waals surface area (Å²) in [6.45, 7) is 1.66. The highest BCUT2D eigenvalue weighted by molar-refractivity contribution is 5.93. The number of amides is 2. The molecule has 1 heterocycles. The Labute approximate surface area is 100 Å². The minimum Gasteiger partial charge on any atom is -0.447 e. The first kappa shape index (κ1) is 12.3. The zero-order valence-corrected chi connectivity index (χ0v) is 9.96. The fourth-order valence-corrected chi connectivity index (χ4v) is 2.29. The quantitative estimate of drug-likeness (QED) is 0.731. The second kappa shape index (κ2) is 5.01. The highest BCUT2D eigenvalue weighted by atomic mass is 16.6. The van der Waals surface area contributed by atoms with Gasteiger partial charge in [-0.25, -0.2) is 9.69 Å². The van der Waals surface area contributed by atoms with E-state index in [0.29, 0.717) is 19.1 Å². The Morgan fingerprint density at radius 1 is 1.59 bits per heavy atom. The van der Waals surface area contributed by atoms with E-state index in [9.17, 15) is 9.59 Å². The SMILES string of the molecule is CN(CC(=O)N1CCOC1=O)CC1CC(O)C1. The molecule has 1 aliphatic carbocycles. The third-order valence-electron chi connectivity index (χ3n) is 3.25. The number of imide groups is 1. The molecule has 2 rings (SSSR count). The minimum atomic E-state index is -0.539. The lowest BCUT2D eigenvalue weighted by Gasteiger charge is -2.34. The fourth-order valence-electron chi connectivity index (χ4n) is 2.29. The van der Waals surface area contributed by atoms with Crippen molar-refractivity contribution in [2.45, 2.75) is 18.9 Å². The van der Waals surface area contributed by atoms with Gasteiger partial charge in [-0.3, -0.25) is 9.69 Å². The summed E-state index contributed by atoms with van der Waals surface area (Å²) in [4.78, 5) is 26.0. The van der Waals surface area contributed by atoms with Crippen LogP contribution in [0.3, 0.4) is 0 Å². The maximum atomic E-state index is 11.8. The fraction of sp³-hybridized carbons (Fsp3) is 0.818. The topological polar surface area (TPSA) is 70.1 Å². The van der Waals surface area contributed by atoms with Gasteiger partial charge in [-0.2, -0.15) is 0 Å². The van der Waals surface area contributed by atoms with Crippen molar-refractivity contribution in [2.24, 2.45) is 5.92 Å². The highest BCUT2D eigenvalue weighted by Gasteiger charge is 2.31. The Balaban J connectivity index is 1.72. The van der Waals surface area contributed by atoms with Gasteiger partial charge in [0, 0.05) is 6.54 Å². The molecule has 6 nitrogen and oxygen atoms in total. The molecule has 0 spiro atoms. The molecule has 96 valence electrons. The number of hydrogen-bond acceptors (Lipinski definition) is 5. The molecule has 2 amide bonds. The summed E-state index contributed by atoms with van der Waals surface area (Å²) in [5.74, 6) is 0.253. The number of ether oxygens (including phenoxy) is 1. The molecule has 1 saturated heterocycles. The average Bonchev–Trinajstić information content (AvgIpc) is 2.62. The van der Waals surface area contributed by atoms with E-state index in [0.717, 1.165) is 24.3 Å². The molecule has 1 saturated carbocycles. The molecule has 0 radical (unpaired) electrons. The molecule has 0 unspecified atom stereocenters. The molecule has 2 fully saturated rings. The normalized spacial score (nSPS) is 28.2. The summed E-state index contributed by atoms with van der Waals surface area (Å²) in [5, 5.41) is 9.17. The van der Waals surface area contributed by atoms with E-state index < -0.39 is 6.09 Å². The number of nitrogens with zero attached hydrogens (tertiary/aromatic N) is 2. The first-order valence-electron chi connectivity index (χ1n) is 5.90. The largest absolute Gasteiger partial charge is 0.447 e. The second-order valence-electron chi connectivity index (χ2n) is 4.85. The predicted molar refractivity (Wildman–Crippen MR) is 59.3 cm³/mol. The first-order valence-corrected chi connectivity index (χ1v) is 5.90. The molecule has 0 bridgehead atoms. The smallest absolute Gasteiger partial charge is 0.416 e. The summed E-state index contributed by atoms with van der Waals surface area (Å²) in [7, 11) is 1.85. The van der Waals surface area contributed by atoms with Crippen LogP contribution >= 0.6 is 0 Å². The summed E-state index contributed by atoms with van der Waals surface area (Å²) < 4.78 is 4.71. The van der Waals surface area contributed by atoms with Crippen LogP contribution in [0, 0.1) is 5.92 Å². The van der Waals surface area contributed by atoms with Crippen molar-refractivity contribution in [1.82, 2.24) is 9.80 Å². The van der Waals surface area contributed by atoms with E-state index in [2.05, 4.69) is 0 Å². The number of likely N-dealkylation sites (N-methyl/N-ethyl adjacent to an activating group) is 1. The van der Waals surface area contributed by atoms with Crippen LogP contribution < -0.4 is 0 Å². The summed E-state index contributed by atoms with van der Waals surface area (Å²) in [5.41, 5.74) is 0. The third kappa shape index (κ3) is 2.95. The Kier molecular flexibility index (Phi) is 3.63. The zero-order chi connectivity index (χ0) is 12.4. The van der Waals surface area contributed by atoms with Gasteiger partial charge in [0.15, 0.2) is 0 Å². The van der Waals surface area contributed by atoms with E-state index in [4.69, 9.17) is 9.84 Å². The van der Waals surface area contributed by atoms with Crippen LogP contribution in [0.4, 0.5) is 4.79 Å². The van der Waals surface area contributed by atoms with Crippen molar-refractivity contribution in [3.8, 4) is 0 Å². The van der Waals surface area contributed by atoms with Crippen LogP contribution in [0.25, 0.3) is 0 Å². The molecule has 6 heteroatoms. The Hall–Kier alpha value is -1.14. The van der Waals surface area contributed by atoms with E-state index in [-0.39, 0.29) is 18.6 Å². The lowest BCUT2D eigenvalue weighted by Crippen LogP contribution is -2.43. The maximum Gasteiger partial charge on any atom is 0.416 e. The van der Waals surface area contributed by atoms with Gasteiger partial charge in [-0.1, -0.05) is 0 Å². The number of aliphatic hydroxyl groups is 1. The van der Waals surface area contributed by atoms with E-state index in [1.807, 2.05) is 11.9 Å². The third-order valence-corrected chi connectivity index (χ3v) is 3.25. The van der Waals surface area contributed by atoms with Crippen molar-refractivity contribution in [3.05, 3.63) is 0 Å². The van der Waals surface area contributed by atoms with Gasteiger partial charge in [0.05, 0.1) is 19.2 Å². The average molecular weight is 242 g/mol. The number of cyclic esters (lactones) is 1. The van der Waals surface area contributed by atoms with Crippen molar-refractivity contribution < 1.29 is 19.4 Å². The molecule has 0 aromatic carbocycles. The lowest BCUT2D eigenvalue weighted by molar-refractivity contribution is -0.128. The number of aliphatic hydroxyl groups excluding tert-OH is 1. The summed E-state index contributed by atoms with van der Waals surface area (Å²) >= 11 is 0. The zero-order valence-electron chi connectivity index (χ0n) is 9.96. The predicted octanol–water partition coefficient (Wildman–Crippen LogP) is -0.332. The van der Waals surface area contributed by atoms with Crippen LogP contribution in [0.1, 0.15) is 12.8 Å². The molecule has 17 heavy (non-hydrogen) atoms. The Morgan fingerprint density at radius 3 is 2.82 bits per heavy atom. The summed E-state index contributed by atoms with van der Waals surface area (Å²) in [6, 6.07) is 0. The molecule has 1 aliphatic heterocycles. The number of hydrogen-bond donors (Lipinski definition) is 1. The van der Waals surface area contributed by atoms with Crippen LogP contribution in [-0.4, -0.2) is 66.3 Å². The van der Waals surface area contributed by atoms with Crippen LogP contribution in [0.5, 0.6) is 0 Å². The molecule has 0 atom stereocenters. The maximum absolute atomic E-state index is 11.8. The number of rotatable bonds is 4. The molecular weight excluding hydrogens is 224 g/mol. The van der Waals surface area contributed by atoms with Crippen molar-refractivity contribution in [2.75, 3.05) is 33.3 Å². The second-order valence-corrected chi connectivity index (χ2v) is 4.85. The van der Waals surface area contributed by atoms with Gasteiger partial charge >= 0.3 is 6.09 Å². The molecule has 2 aliphatic rings. The van der Waals surface area contributed by atoms with Gasteiger partial charge < -0.3 is 9.84 Å².